The molecule has 5 heteroatoms. The first-order valence-electron chi connectivity index (χ1n) is 7.00. The van der Waals surface area contributed by atoms with Gasteiger partial charge in [-0.2, -0.15) is 5.26 Å². The summed E-state index contributed by atoms with van der Waals surface area (Å²) in [5, 5.41) is 10.1. The molecular weight excluding hydrogens is 308 g/mol. The van der Waals surface area contributed by atoms with Crippen molar-refractivity contribution in [1.29, 1.82) is 5.26 Å². The maximum Gasteiger partial charge on any atom is 0.205 e. The molecule has 1 aromatic carbocycles. The number of carbonyl (C=O) groups is 1. The van der Waals surface area contributed by atoms with Crippen LogP contribution in [0.4, 0.5) is 0 Å². The molecule has 2 heterocycles. The van der Waals surface area contributed by atoms with Crippen molar-refractivity contribution in [3.8, 4) is 11.8 Å². The highest BCUT2D eigenvalue weighted by atomic mass is 32.1. The SMILES string of the molecule is COc1ccc2[nH]cc(C(=O)C(C#N)=Cc3ccc(C)s3)c2c1. The summed E-state index contributed by atoms with van der Waals surface area (Å²) in [6, 6.07) is 11.4. The third kappa shape index (κ3) is 2.89. The van der Waals surface area contributed by atoms with Crippen LogP contribution in [0.25, 0.3) is 17.0 Å². The molecule has 0 aliphatic carbocycles. The van der Waals surface area contributed by atoms with E-state index in [0.29, 0.717) is 11.3 Å². The molecule has 0 saturated heterocycles. The maximum absolute atomic E-state index is 12.7. The number of rotatable bonds is 4. The standard InChI is InChI=1S/C18H14N2O2S/c1-11-3-5-14(23-11)7-12(9-19)18(21)16-10-20-17-6-4-13(22-2)8-15(16)17/h3-8,10,20H,1-2H3. The fraction of sp³-hybridized carbons (Fsp3) is 0.111. The van der Waals surface area contributed by atoms with Crippen LogP contribution >= 0.6 is 11.3 Å². The monoisotopic (exact) mass is 322 g/mol. The highest BCUT2D eigenvalue weighted by Crippen LogP contribution is 2.26. The molecule has 0 aliphatic heterocycles. The number of aromatic amines is 1. The lowest BCUT2D eigenvalue weighted by Crippen LogP contribution is -2.00. The van der Waals surface area contributed by atoms with Gasteiger partial charge in [0.05, 0.1) is 7.11 Å². The highest BCUT2D eigenvalue weighted by Gasteiger charge is 2.17. The van der Waals surface area contributed by atoms with Crippen LogP contribution in [-0.4, -0.2) is 17.9 Å². The van der Waals surface area contributed by atoms with Gasteiger partial charge in [-0.15, -0.1) is 11.3 Å². The first-order valence-corrected chi connectivity index (χ1v) is 7.82. The van der Waals surface area contributed by atoms with Crippen LogP contribution in [0, 0.1) is 18.3 Å². The van der Waals surface area contributed by atoms with Crippen LogP contribution in [0.5, 0.6) is 5.75 Å². The lowest BCUT2D eigenvalue weighted by Gasteiger charge is -2.01. The molecule has 23 heavy (non-hydrogen) atoms. The van der Waals surface area contributed by atoms with E-state index >= 15 is 0 Å². The number of H-pyrrole nitrogens is 1. The number of nitrogens with zero attached hydrogens (tertiary/aromatic N) is 1. The molecule has 3 aromatic rings. The number of nitriles is 1. The van der Waals surface area contributed by atoms with Crippen molar-refractivity contribution < 1.29 is 9.53 Å². The van der Waals surface area contributed by atoms with Crippen molar-refractivity contribution >= 4 is 34.1 Å². The number of fused-ring (bicyclic) bond motifs is 1. The van der Waals surface area contributed by atoms with Crippen molar-refractivity contribution in [1.82, 2.24) is 4.98 Å². The number of Topliss-reactive ketones (excluding diaryl/α,β-unsaturated/α-hetero) is 1. The molecule has 3 rings (SSSR count). The Balaban J connectivity index is 2.05. The summed E-state index contributed by atoms with van der Waals surface area (Å²) in [6.07, 6.45) is 3.27. The number of nitrogens with one attached hydrogen (secondary N) is 1. The third-order valence-electron chi connectivity index (χ3n) is 3.55. The van der Waals surface area contributed by atoms with Gasteiger partial charge in [-0.25, -0.2) is 0 Å². The quantitative estimate of drug-likeness (QED) is 0.441. The molecule has 4 nitrogen and oxygen atoms in total. The van der Waals surface area contributed by atoms with E-state index in [-0.39, 0.29) is 11.4 Å². The van der Waals surface area contributed by atoms with Crippen LogP contribution in [0.3, 0.4) is 0 Å². The van der Waals surface area contributed by atoms with Crippen LogP contribution in [-0.2, 0) is 0 Å². The summed E-state index contributed by atoms with van der Waals surface area (Å²) in [6.45, 7) is 1.99. The summed E-state index contributed by atoms with van der Waals surface area (Å²) in [7, 11) is 1.58. The van der Waals surface area contributed by atoms with Crippen molar-refractivity contribution in [2.24, 2.45) is 0 Å². The number of thiophene rings is 1. The van der Waals surface area contributed by atoms with Crippen molar-refractivity contribution in [2.75, 3.05) is 7.11 Å². The number of hydrogen-bond acceptors (Lipinski definition) is 4. The zero-order valence-corrected chi connectivity index (χ0v) is 13.5. The minimum absolute atomic E-state index is 0.121. The second-order valence-electron chi connectivity index (χ2n) is 5.06. The Morgan fingerprint density at radius 3 is 2.83 bits per heavy atom. The molecule has 0 radical (unpaired) electrons. The minimum atomic E-state index is -0.293. The molecule has 0 spiro atoms. The van der Waals surface area contributed by atoms with Crippen LogP contribution in [0.15, 0.2) is 42.1 Å². The summed E-state index contributed by atoms with van der Waals surface area (Å²) in [4.78, 5) is 17.8. The second-order valence-corrected chi connectivity index (χ2v) is 6.38. The van der Waals surface area contributed by atoms with E-state index in [1.807, 2.05) is 37.3 Å². The Bertz CT molecular complexity index is 957. The first-order chi connectivity index (χ1) is 11.1. The summed E-state index contributed by atoms with van der Waals surface area (Å²) in [5.74, 6) is 0.376. The fourth-order valence-corrected chi connectivity index (χ4v) is 3.20. The van der Waals surface area contributed by atoms with Gasteiger partial charge in [-0.05, 0) is 43.3 Å². The van der Waals surface area contributed by atoms with Gasteiger partial charge in [0.1, 0.15) is 17.4 Å². The molecule has 0 fully saturated rings. The van der Waals surface area contributed by atoms with E-state index in [1.165, 1.54) is 0 Å². The Morgan fingerprint density at radius 1 is 1.35 bits per heavy atom. The van der Waals surface area contributed by atoms with E-state index in [1.54, 1.807) is 36.8 Å². The van der Waals surface area contributed by atoms with E-state index in [0.717, 1.165) is 20.7 Å². The highest BCUT2D eigenvalue weighted by molar-refractivity contribution is 7.12. The van der Waals surface area contributed by atoms with Gasteiger partial charge >= 0.3 is 0 Å². The van der Waals surface area contributed by atoms with Crippen molar-refractivity contribution in [2.45, 2.75) is 6.92 Å². The second kappa shape index (κ2) is 6.11. The Hall–Kier alpha value is -2.84. The number of aryl methyl sites for hydroxylation is 1. The van der Waals surface area contributed by atoms with Gasteiger partial charge in [0.2, 0.25) is 5.78 Å². The lowest BCUT2D eigenvalue weighted by molar-refractivity contribution is 0.104. The molecule has 1 N–H and O–H groups in total. The first kappa shape index (κ1) is 15.1. The Morgan fingerprint density at radius 2 is 2.17 bits per heavy atom. The summed E-state index contributed by atoms with van der Waals surface area (Å²) < 4.78 is 5.21. The number of benzene rings is 1. The molecular formula is C18H14N2O2S. The maximum atomic E-state index is 12.7. The topological polar surface area (TPSA) is 65.9 Å². The molecule has 0 atom stereocenters. The molecule has 0 amide bonds. The van der Waals surface area contributed by atoms with Gasteiger partial charge in [0.15, 0.2) is 0 Å². The van der Waals surface area contributed by atoms with Crippen LogP contribution in [0.2, 0.25) is 0 Å². The van der Waals surface area contributed by atoms with E-state index < -0.39 is 0 Å². The number of ketones is 1. The minimum Gasteiger partial charge on any atom is -0.497 e. The lowest BCUT2D eigenvalue weighted by atomic mass is 10.0. The van der Waals surface area contributed by atoms with E-state index in [4.69, 9.17) is 4.74 Å². The molecule has 0 unspecified atom stereocenters. The van der Waals surface area contributed by atoms with Crippen LogP contribution < -0.4 is 4.74 Å². The van der Waals surface area contributed by atoms with Crippen molar-refractivity contribution in [3.05, 3.63) is 57.4 Å². The Kier molecular flexibility index (Phi) is 4.00. The zero-order valence-electron chi connectivity index (χ0n) is 12.7. The zero-order chi connectivity index (χ0) is 16.4. The predicted molar refractivity (Wildman–Crippen MR) is 91.8 cm³/mol. The van der Waals surface area contributed by atoms with Crippen LogP contribution in [0.1, 0.15) is 20.1 Å². The number of carbonyl (C=O) groups excluding carboxylic acids is 1. The average Bonchev–Trinajstić information content (AvgIpc) is 3.17. The molecule has 0 saturated carbocycles. The van der Waals surface area contributed by atoms with E-state index in [9.17, 15) is 10.1 Å². The summed E-state index contributed by atoms with van der Waals surface area (Å²) in [5.41, 5.74) is 1.42. The fourth-order valence-electron chi connectivity index (χ4n) is 2.38. The number of methoxy groups -OCH3 is 1. The molecule has 0 bridgehead atoms. The smallest absolute Gasteiger partial charge is 0.205 e. The van der Waals surface area contributed by atoms with Gasteiger partial charge in [-0.1, -0.05) is 0 Å². The molecule has 2 aromatic heterocycles. The third-order valence-corrected chi connectivity index (χ3v) is 4.49. The number of allylic oxidation sites excluding steroid dienone is 1. The molecule has 0 aliphatic rings. The number of aromatic nitrogens is 1. The van der Waals surface area contributed by atoms with Gasteiger partial charge in [0.25, 0.3) is 0 Å². The van der Waals surface area contributed by atoms with Gasteiger partial charge in [-0.3, -0.25) is 4.79 Å². The van der Waals surface area contributed by atoms with E-state index in [2.05, 4.69) is 4.98 Å². The predicted octanol–water partition coefficient (Wildman–Crippen LogP) is 4.34. The largest absolute Gasteiger partial charge is 0.497 e. The van der Waals surface area contributed by atoms with Gasteiger partial charge in [0, 0.05) is 32.4 Å². The van der Waals surface area contributed by atoms with Gasteiger partial charge < -0.3 is 9.72 Å². The Labute approximate surface area is 137 Å². The van der Waals surface area contributed by atoms with Crippen molar-refractivity contribution in [3.63, 3.8) is 0 Å². The number of hydrogen-bond donors (Lipinski definition) is 1. The molecule has 114 valence electrons. The number of ether oxygens (including phenoxy) is 1. The average molecular weight is 322 g/mol. The normalized spacial score (nSPS) is 11.4. The summed E-state index contributed by atoms with van der Waals surface area (Å²) >= 11 is 1.55.